The lowest BCUT2D eigenvalue weighted by molar-refractivity contribution is 0.388. The number of nitrogens with one attached hydrogen (secondary N) is 2. The fourth-order valence-electron chi connectivity index (χ4n) is 4.54. The highest BCUT2D eigenvalue weighted by molar-refractivity contribution is 6.07. The average molecular weight is 460 g/mol. The number of pyridine rings is 2. The molecule has 2 N–H and O–H groups in total. The molecule has 4 heterocycles. The molecule has 0 fully saturated rings. The molecule has 0 aliphatic heterocycles. The minimum absolute atomic E-state index is 0.0623. The number of H-pyrrole nitrogens is 1. The molecule has 1 aromatic carbocycles. The van der Waals surface area contributed by atoms with Gasteiger partial charge in [0.05, 0.1) is 11.9 Å². The normalized spacial score (nSPS) is 12.5. The molecule has 5 aromatic rings. The van der Waals surface area contributed by atoms with Crippen LogP contribution in [0.3, 0.4) is 0 Å². The molecular formula is C24H25N7O3. The van der Waals surface area contributed by atoms with E-state index in [9.17, 15) is 9.59 Å². The van der Waals surface area contributed by atoms with Crippen molar-refractivity contribution in [1.29, 1.82) is 0 Å². The lowest BCUT2D eigenvalue weighted by Gasteiger charge is -2.21. The van der Waals surface area contributed by atoms with Gasteiger partial charge in [-0.05, 0) is 57.0 Å². The molecule has 1 atom stereocenters. The van der Waals surface area contributed by atoms with E-state index in [4.69, 9.17) is 0 Å². The van der Waals surface area contributed by atoms with Crippen LogP contribution >= 0.6 is 0 Å². The molecule has 5 rings (SSSR count). The van der Waals surface area contributed by atoms with E-state index in [0.717, 1.165) is 33.2 Å². The van der Waals surface area contributed by atoms with Gasteiger partial charge in [0.15, 0.2) is 0 Å². The van der Waals surface area contributed by atoms with Gasteiger partial charge < -0.3 is 5.32 Å². The third-order valence-electron chi connectivity index (χ3n) is 6.08. The van der Waals surface area contributed by atoms with Crippen LogP contribution in [0.4, 0.5) is 5.69 Å². The van der Waals surface area contributed by atoms with Crippen molar-refractivity contribution in [3.8, 4) is 11.5 Å². The summed E-state index contributed by atoms with van der Waals surface area (Å²) in [5.41, 5.74) is 4.61. The average Bonchev–Trinajstić information content (AvgIpc) is 3.44. The van der Waals surface area contributed by atoms with Crippen LogP contribution in [-0.2, 0) is 13.6 Å². The van der Waals surface area contributed by atoms with Crippen LogP contribution in [0.1, 0.15) is 36.7 Å². The maximum atomic E-state index is 13.3. The smallest absolute Gasteiger partial charge is 0.377 e. The van der Waals surface area contributed by atoms with E-state index in [1.54, 1.807) is 11.6 Å². The first kappa shape index (κ1) is 21.6. The molecular weight excluding hydrogens is 434 g/mol. The van der Waals surface area contributed by atoms with Gasteiger partial charge in [0.1, 0.15) is 11.3 Å². The minimum Gasteiger partial charge on any atom is -0.377 e. The fraction of sp³-hybridized carbons (Fsp3) is 0.292. The standard InChI is InChI=1S/C24H25N7O3/c1-6-31-22-17(11-25-31)19-15(9-12(2)10-16(19)23(32)30(22)5)14(4)27-18-8-7-13(3)26-20(18)21-28-24(33)34-29-21/h7-11,14,27H,6H2,1-5H3,(H,28,29,33). The first-order chi connectivity index (χ1) is 16.3. The quantitative estimate of drug-likeness (QED) is 0.413. The summed E-state index contributed by atoms with van der Waals surface area (Å²) in [6.45, 7) is 8.53. The number of anilines is 1. The number of benzene rings is 1. The molecule has 0 bridgehead atoms. The molecule has 0 amide bonds. The van der Waals surface area contributed by atoms with Crippen molar-refractivity contribution in [2.24, 2.45) is 7.05 Å². The van der Waals surface area contributed by atoms with Gasteiger partial charge in [0.25, 0.3) is 5.56 Å². The predicted octanol–water partition coefficient (Wildman–Crippen LogP) is 3.44. The monoisotopic (exact) mass is 459 g/mol. The largest absolute Gasteiger partial charge is 0.439 e. The number of fused-ring (bicyclic) bond motifs is 3. The number of nitrogens with zero attached hydrogens (tertiary/aromatic N) is 5. The molecule has 10 heteroatoms. The molecule has 34 heavy (non-hydrogen) atoms. The lowest BCUT2D eigenvalue weighted by atomic mass is 9.95. The molecule has 0 saturated heterocycles. The summed E-state index contributed by atoms with van der Waals surface area (Å²) in [4.78, 5) is 32.0. The zero-order valence-corrected chi connectivity index (χ0v) is 19.6. The van der Waals surface area contributed by atoms with E-state index in [0.29, 0.717) is 23.3 Å². The van der Waals surface area contributed by atoms with Gasteiger partial charge in [-0.25, -0.2) is 14.5 Å². The third-order valence-corrected chi connectivity index (χ3v) is 6.08. The van der Waals surface area contributed by atoms with Crippen LogP contribution < -0.4 is 16.6 Å². The number of hydrogen-bond acceptors (Lipinski definition) is 7. The molecule has 10 nitrogen and oxygen atoms in total. The van der Waals surface area contributed by atoms with Gasteiger partial charge in [-0.3, -0.25) is 18.9 Å². The van der Waals surface area contributed by atoms with Crippen LogP contribution in [0.15, 0.2) is 44.6 Å². The van der Waals surface area contributed by atoms with Gasteiger partial charge in [-0.15, -0.1) is 0 Å². The van der Waals surface area contributed by atoms with Crippen LogP contribution in [0.25, 0.3) is 33.3 Å². The Labute approximate surface area is 194 Å². The molecule has 0 saturated carbocycles. The number of aromatic amines is 1. The van der Waals surface area contributed by atoms with Crippen molar-refractivity contribution in [3.05, 3.63) is 68.2 Å². The van der Waals surface area contributed by atoms with Crippen molar-refractivity contribution >= 4 is 27.5 Å². The van der Waals surface area contributed by atoms with Crippen molar-refractivity contribution in [3.63, 3.8) is 0 Å². The van der Waals surface area contributed by atoms with Crippen LogP contribution in [0.5, 0.6) is 0 Å². The van der Waals surface area contributed by atoms with Crippen molar-refractivity contribution in [1.82, 2.24) is 29.5 Å². The first-order valence-corrected chi connectivity index (χ1v) is 11.1. The summed E-state index contributed by atoms with van der Waals surface area (Å²) in [5, 5.41) is 14.3. The minimum atomic E-state index is -0.645. The van der Waals surface area contributed by atoms with Crippen LogP contribution in [-0.4, -0.2) is 29.5 Å². The Morgan fingerprint density at radius 1 is 1.18 bits per heavy atom. The summed E-state index contributed by atoms with van der Waals surface area (Å²) < 4.78 is 8.19. The van der Waals surface area contributed by atoms with Gasteiger partial charge >= 0.3 is 5.76 Å². The topological polar surface area (TPSA) is 124 Å². The Bertz CT molecular complexity index is 1670. The molecule has 0 aliphatic rings. The van der Waals surface area contributed by atoms with Gasteiger partial charge in [-0.2, -0.15) is 5.10 Å². The summed E-state index contributed by atoms with van der Waals surface area (Å²) in [6.07, 6.45) is 1.82. The lowest BCUT2D eigenvalue weighted by Crippen LogP contribution is -2.20. The van der Waals surface area contributed by atoms with Crippen molar-refractivity contribution in [2.45, 2.75) is 40.3 Å². The van der Waals surface area contributed by atoms with Crippen molar-refractivity contribution in [2.75, 3.05) is 5.32 Å². The second kappa shape index (κ2) is 7.98. The summed E-state index contributed by atoms with van der Waals surface area (Å²) in [7, 11) is 1.78. The van der Waals surface area contributed by atoms with Crippen molar-refractivity contribution < 1.29 is 4.52 Å². The molecule has 0 aliphatic carbocycles. The van der Waals surface area contributed by atoms with E-state index < -0.39 is 5.76 Å². The summed E-state index contributed by atoms with van der Waals surface area (Å²) in [5.74, 6) is -0.397. The number of aryl methyl sites for hydroxylation is 4. The fourth-order valence-corrected chi connectivity index (χ4v) is 4.54. The number of aromatic nitrogens is 6. The van der Waals surface area contributed by atoms with Crippen LogP contribution in [0, 0.1) is 13.8 Å². The third kappa shape index (κ3) is 3.38. The highest BCUT2D eigenvalue weighted by Gasteiger charge is 2.21. The zero-order chi connectivity index (χ0) is 24.1. The highest BCUT2D eigenvalue weighted by atomic mass is 16.5. The van der Waals surface area contributed by atoms with Gasteiger partial charge in [0.2, 0.25) is 5.82 Å². The van der Waals surface area contributed by atoms with Gasteiger partial charge in [0, 0.05) is 41.5 Å². The Hall–Kier alpha value is -4.21. The number of hydrogen-bond donors (Lipinski definition) is 2. The highest BCUT2D eigenvalue weighted by Crippen LogP contribution is 2.34. The Morgan fingerprint density at radius 3 is 2.68 bits per heavy atom. The Kier molecular flexibility index (Phi) is 5.07. The van der Waals surface area contributed by atoms with E-state index in [-0.39, 0.29) is 17.4 Å². The molecule has 0 radical (unpaired) electrons. The predicted molar refractivity (Wildman–Crippen MR) is 130 cm³/mol. The number of rotatable bonds is 5. The van der Waals surface area contributed by atoms with E-state index >= 15 is 0 Å². The van der Waals surface area contributed by atoms with E-state index in [1.165, 1.54) is 0 Å². The Balaban J connectivity index is 1.71. The molecule has 174 valence electrons. The SMILES string of the molecule is CCn1ncc2c3c(C(C)Nc4ccc(C)nc4-c4noc(=O)[nH]4)cc(C)cc3c(=O)n(C)c21. The second-order valence-electron chi connectivity index (χ2n) is 8.50. The molecule has 4 aromatic heterocycles. The molecule has 1 unspecified atom stereocenters. The summed E-state index contributed by atoms with van der Waals surface area (Å²) >= 11 is 0. The summed E-state index contributed by atoms with van der Waals surface area (Å²) in [6, 6.07) is 7.58. The maximum Gasteiger partial charge on any atom is 0.439 e. The van der Waals surface area contributed by atoms with E-state index in [1.807, 2.05) is 56.8 Å². The van der Waals surface area contributed by atoms with E-state index in [2.05, 4.69) is 36.1 Å². The maximum absolute atomic E-state index is 13.3. The molecule has 0 spiro atoms. The zero-order valence-electron chi connectivity index (χ0n) is 19.6. The van der Waals surface area contributed by atoms with Gasteiger partial charge in [-0.1, -0.05) is 11.2 Å². The van der Waals surface area contributed by atoms with Crippen LogP contribution in [0.2, 0.25) is 0 Å². The second-order valence-corrected chi connectivity index (χ2v) is 8.50. The first-order valence-electron chi connectivity index (χ1n) is 11.1. The Morgan fingerprint density at radius 2 is 1.97 bits per heavy atom.